The van der Waals surface area contributed by atoms with Gasteiger partial charge in [-0.25, -0.2) is 15.0 Å². The van der Waals surface area contributed by atoms with Gasteiger partial charge in [0.05, 0.1) is 17.7 Å². The number of aliphatic hydroxyl groups excluding tert-OH is 1. The van der Waals surface area contributed by atoms with Crippen molar-refractivity contribution in [3.05, 3.63) is 57.3 Å². The van der Waals surface area contributed by atoms with Gasteiger partial charge in [-0.05, 0) is 31.0 Å². The van der Waals surface area contributed by atoms with Crippen LogP contribution in [-0.2, 0) is 6.42 Å². The summed E-state index contributed by atoms with van der Waals surface area (Å²) in [4.78, 5) is 31.3. The van der Waals surface area contributed by atoms with E-state index in [1.807, 2.05) is 32.0 Å². The van der Waals surface area contributed by atoms with Gasteiger partial charge in [0.1, 0.15) is 17.5 Å². The second-order valence-corrected chi connectivity index (χ2v) is 9.44. The molecule has 2 N–H and O–H groups in total. The highest BCUT2D eigenvalue weighted by atomic mass is 35.5. The van der Waals surface area contributed by atoms with Crippen LogP contribution in [0.5, 0.6) is 0 Å². The number of hydrogen-bond acceptors (Lipinski definition) is 9. The molecule has 4 rings (SSSR count). The summed E-state index contributed by atoms with van der Waals surface area (Å²) < 4.78 is 0. The lowest BCUT2D eigenvalue weighted by Crippen LogP contribution is -2.47. The molecule has 1 saturated heterocycles. The lowest BCUT2D eigenvalue weighted by atomic mass is 10.0. The molecule has 0 spiro atoms. The average Bonchev–Trinajstić information content (AvgIpc) is 3.25. The molecule has 1 aliphatic heterocycles. The van der Waals surface area contributed by atoms with Crippen LogP contribution in [0.3, 0.4) is 0 Å². The van der Waals surface area contributed by atoms with Crippen LogP contribution in [0.2, 0.25) is 5.02 Å². The van der Waals surface area contributed by atoms with Crippen molar-refractivity contribution >= 4 is 45.5 Å². The third kappa shape index (κ3) is 5.86. The van der Waals surface area contributed by atoms with E-state index in [-0.39, 0.29) is 18.8 Å². The van der Waals surface area contributed by atoms with Crippen molar-refractivity contribution < 1.29 is 9.90 Å². The summed E-state index contributed by atoms with van der Waals surface area (Å²) in [6.45, 7) is 8.14. The van der Waals surface area contributed by atoms with Crippen LogP contribution in [-0.4, -0.2) is 70.1 Å². The number of nitrogens with zero attached hydrogens (tertiary/aromatic N) is 5. The van der Waals surface area contributed by atoms with Crippen molar-refractivity contribution in [1.82, 2.24) is 19.9 Å². The highest BCUT2D eigenvalue weighted by Crippen LogP contribution is 2.27. The summed E-state index contributed by atoms with van der Waals surface area (Å²) in [6, 6.07) is 7.55. The second-order valence-electron chi connectivity index (χ2n) is 8.00. The fraction of sp³-hybridized carbons (Fsp3) is 0.391. The van der Waals surface area contributed by atoms with Gasteiger partial charge in [-0.1, -0.05) is 35.1 Å². The molecule has 0 bridgehead atoms. The molecule has 33 heavy (non-hydrogen) atoms. The summed E-state index contributed by atoms with van der Waals surface area (Å²) in [6.07, 6.45) is 1.84. The molecule has 3 aromatic rings. The van der Waals surface area contributed by atoms with Gasteiger partial charge >= 0.3 is 0 Å². The van der Waals surface area contributed by atoms with Crippen LogP contribution in [0.1, 0.15) is 26.6 Å². The zero-order chi connectivity index (χ0) is 23.4. The molecule has 0 aliphatic carbocycles. The smallest absolute Gasteiger partial charge is 0.188 e. The monoisotopic (exact) mass is 486 g/mol. The standard InChI is InChI=1S/C23H27ClN6O2S/c1-15-4-3-5-18(24)17(15)12-19(32)20-14-25-23(33-20)28-21-13-22(27-16(2)26-21)30-8-6-29(7-9-30)10-11-31/h3-5,13-14,31H,6-12H2,1-2H3,(H,25,26,27,28). The van der Waals surface area contributed by atoms with E-state index in [9.17, 15) is 4.79 Å². The van der Waals surface area contributed by atoms with E-state index in [1.54, 1.807) is 12.3 Å². The van der Waals surface area contributed by atoms with Gasteiger partial charge in [0.15, 0.2) is 10.9 Å². The predicted octanol–water partition coefficient (Wildman–Crippen LogP) is 3.49. The van der Waals surface area contributed by atoms with Crippen molar-refractivity contribution in [2.24, 2.45) is 0 Å². The van der Waals surface area contributed by atoms with Crippen LogP contribution < -0.4 is 10.2 Å². The number of aromatic nitrogens is 3. The van der Waals surface area contributed by atoms with Crippen molar-refractivity contribution in [2.75, 3.05) is 49.5 Å². The molecule has 0 radical (unpaired) electrons. The topological polar surface area (TPSA) is 94.5 Å². The number of hydrogen-bond donors (Lipinski definition) is 2. The molecule has 0 unspecified atom stereocenters. The minimum atomic E-state index is -0.0166. The van der Waals surface area contributed by atoms with Gasteiger partial charge in [-0.2, -0.15) is 0 Å². The first kappa shape index (κ1) is 23.6. The van der Waals surface area contributed by atoms with E-state index in [0.29, 0.717) is 33.2 Å². The summed E-state index contributed by atoms with van der Waals surface area (Å²) in [7, 11) is 0. The number of nitrogens with one attached hydrogen (secondary N) is 1. The first-order valence-electron chi connectivity index (χ1n) is 10.9. The molecule has 10 heteroatoms. The van der Waals surface area contributed by atoms with E-state index in [1.165, 1.54) is 11.3 Å². The van der Waals surface area contributed by atoms with Gasteiger partial charge in [-0.15, -0.1) is 0 Å². The van der Waals surface area contributed by atoms with Crippen LogP contribution in [0.25, 0.3) is 0 Å². The number of aliphatic hydroxyl groups is 1. The Morgan fingerprint density at radius 3 is 2.73 bits per heavy atom. The third-order valence-corrected chi connectivity index (χ3v) is 6.95. The van der Waals surface area contributed by atoms with Gasteiger partial charge in [0.2, 0.25) is 0 Å². The summed E-state index contributed by atoms with van der Waals surface area (Å²) >= 11 is 7.58. The number of aryl methyl sites for hydroxylation is 2. The van der Waals surface area contributed by atoms with Gasteiger partial charge in [-0.3, -0.25) is 9.69 Å². The first-order valence-corrected chi connectivity index (χ1v) is 12.1. The average molecular weight is 487 g/mol. The number of ketones is 1. The Labute approximate surface area is 202 Å². The Morgan fingerprint density at radius 2 is 2.00 bits per heavy atom. The molecule has 1 fully saturated rings. The Balaban J connectivity index is 1.43. The first-order chi connectivity index (χ1) is 15.9. The number of Topliss-reactive ketones (excluding diaryl/α,β-unsaturated/α-hetero) is 1. The van der Waals surface area contributed by atoms with Crippen molar-refractivity contribution in [3.8, 4) is 0 Å². The Kier molecular flexibility index (Phi) is 7.54. The highest BCUT2D eigenvalue weighted by Gasteiger charge is 2.19. The van der Waals surface area contributed by atoms with Gasteiger partial charge in [0, 0.05) is 50.2 Å². The maximum atomic E-state index is 12.8. The van der Waals surface area contributed by atoms with Crippen LogP contribution in [0.15, 0.2) is 30.5 Å². The fourth-order valence-corrected chi connectivity index (χ4v) is 4.88. The molecule has 174 valence electrons. The Morgan fingerprint density at radius 1 is 1.21 bits per heavy atom. The number of halogens is 1. The number of β-amino-alcohol motifs (C(OH)–C–C–N with tert-alkyl or cyclic N) is 1. The quantitative estimate of drug-likeness (QED) is 0.467. The zero-order valence-electron chi connectivity index (χ0n) is 18.7. The van der Waals surface area contributed by atoms with E-state index >= 15 is 0 Å². The molecule has 0 atom stereocenters. The van der Waals surface area contributed by atoms with E-state index < -0.39 is 0 Å². The minimum Gasteiger partial charge on any atom is -0.395 e. The molecule has 0 amide bonds. The molecular weight excluding hydrogens is 460 g/mol. The SMILES string of the molecule is Cc1nc(Nc2ncc(C(=O)Cc3c(C)cccc3Cl)s2)cc(N2CCN(CCO)CC2)n1. The van der Waals surface area contributed by atoms with Crippen LogP contribution >= 0.6 is 22.9 Å². The number of piperazine rings is 1. The number of anilines is 3. The Bertz CT molecular complexity index is 1110. The van der Waals surface area contributed by atoms with Crippen molar-refractivity contribution in [3.63, 3.8) is 0 Å². The number of thiazole rings is 1. The third-order valence-electron chi connectivity index (χ3n) is 5.64. The minimum absolute atomic E-state index is 0.0166. The number of carbonyl (C=O) groups is 1. The van der Waals surface area contributed by atoms with E-state index in [2.05, 4.69) is 30.1 Å². The van der Waals surface area contributed by atoms with E-state index in [4.69, 9.17) is 16.7 Å². The number of carbonyl (C=O) groups excluding carboxylic acids is 1. The zero-order valence-corrected chi connectivity index (χ0v) is 20.3. The normalized spacial score (nSPS) is 14.5. The molecule has 8 nitrogen and oxygen atoms in total. The largest absolute Gasteiger partial charge is 0.395 e. The molecule has 1 aromatic carbocycles. The van der Waals surface area contributed by atoms with Crippen LogP contribution in [0, 0.1) is 13.8 Å². The molecular formula is C23H27ClN6O2S. The maximum Gasteiger partial charge on any atom is 0.188 e. The van der Waals surface area contributed by atoms with Crippen LogP contribution in [0.4, 0.5) is 16.8 Å². The summed E-state index contributed by atoms with van der Waals surface area (Å²) in [5, 5.41) is 13.6. The van der Waals surface area contributed by atoms with Gasteiger partial charge in [0.25, 0.3) is 0 Å². The summed E-state index contributed by atoms with van der Waals surface area (Å²) in [5.74, 6) is 2.15. The lowest BCUT2D eigenvalue weighted by Gasteiger charge is -2.35. The molecule has 3 heterocycles. The summed E-state index contributed by atoms with van der Waals surface area (Å²) in [5.41, 5.74) is 1.85. The number of rotatable bonds is 8. The Hall–Kier alpha value is -2.59. The molecule has 1 aliphatic rings. The van der Waals surface area contributed by atoms with Crippen molar-refractivity contribution in [1.29, 1.82) is 0 Å². The lowest BCUT2D eigenvalue weighted by molar-refractivity contribution is 0.0996. The second kappa shape index (κ2) is 10.6. The van der Waals surface area contributed by atoms with Crippen molar-refractivity contribution in [2.45, 2.75) is 20.3 Å². The maximum absolute atomic E-state index is 12.8. The molecule has 0 saturated carbocycles. The predicted molar refractivity (Wildman–Crippen MR) is 132 cm³/mol. The molecule has 2 aromatic heterocycles. The number of benzene rings is 1. The van der Waals surface area contributed by atoms with Gasteiger partial charge < -0.3 is 15.3 Å². The van der Waals surface area contributed by atoms with E-state index in [0.717, 1.165) is 43.1 Å². The highest BCUT2D eigenvalue weighted by molar-refractivity contribution is 7.17. The fourth-order valence-electron chi connectivity index (χ4n) is 3.83.